The molecule has 5 N–H and O–H groups in total. The maximum atomic E-state index is 12.5. The van der Waals surface area contributed by atoms with Crippen LogP contribution in [-0.2, 0) is 7.05 Å². The molecule has 26 heavy (non-hydrogen) atoms. The van der Waals surface area contributed by atoms with Gasteiger partial charge >= 0.3 is 0 Å². The van der Waals surface area contributed by atoms with E-state index in [2.05, 4.69) is 15.5 Å². The van der Waals surface area contributed by atoms with Gasteiger partial charge in [0.25, 0.3) is 11.5 Å². The third kappa shape index (κ3) is 3.76. The van der Waals surface area contributed by atoms with E-state index in [9.17, 15) is 9.59 Å². The van der Waals surface area contributed by atoms with Crippen LogP contribution in [0.15, 0.2) is 34.2 Å². The van der Waals surface area contributed by atoms with Crippen LogP contribution in [0.2, 0.25) is 5.02 Å². The highest BCUT2D eigenvalue weighted by Crippen LogP contribution is 2.28. The van der Waals surface area contributed by atoms with Crippen LogP contribution in [0.1, 0.15) is 10.5 Å². The lowest BCUT2D eigenvalue weighted by molar-refractivity contribution is 0.0965. The summed E-state index contributed by atoms with van der Waals surface area (Å²) < 4.78 is 6.12. The smallest absolute Gasteiger partial charge is 0.280 e. The Kier molecular flexibility index (Phi) is 5.80. The Morgan fingerprint density at radius 2 is 2.00 bits per heavy atom. The fraction of sp³-hybridized carbons (Fsp3) is 0.200. The number of ether oxygens (including phenoxy) is 1. The number of halogens is 1. The summed E-state index contributed by atoms with van der Waals surface area (Å²) in [6.07, 6.45) is 0. The van der Waals surface area contributed by atoms with Crippen molar-refractivity contribution in [2.75, 3.05) is 14.2 Å². The second-order valence-corrected chi connectivity index (χ2v) is 5.59. The third-order valence-electron chi connectivity index (χ3n) is 3.46. The highest BCUT2D eigenvalue weighted by molar-refractivity contribution is 6.36. The Balaban J connectivity index is 2.55. The van der Waals surface area contributed by atoms with Gasteiger partial charge in [-0.3, -0.25) is 19.9 Å². The van der Waals surface area contributed by atoms with Crippen molar-refractivity contribution in [3.8, 4) is 16.9 Å². The molecule has 138 valence electrons. The van der Waals surface area contributed by atoms with Crippen molar-refractivity contribution in [1.29, 1.82) is 0 Å². The van der Waals surface area contributed by atoms with Gasteiger partial charge in [-0.2, -0.15) is 5.10 Å². The van der Waals surface area contributed by atoms with Crippen LogP contribution in [0.5, 0.6) is 5.75 Å². The number of hydrogen-bond acceptors (Lipinski definition) is 7. The number of hydrogen-bond donors (Lipinski definition) is 3. The van der Waals surface area contributed by atoms with Crippen molar-refractivity contribution in [2.45, 2.75) is 0 Å². The van der Waals surface area contributed by atoms with E-state index in [1.165, 1.54) is 21.2 Å². The molecule has 0 unspecified atom stereocenters. The first-order chi connectivity index (χ1) is 12.3. The molecule has 1 heterocycles. The first-order valence-corrected chi connectivity index (χ1v) is 7.66. The first-order valence-electron chi connectivity index (χ1n) is 7.29. The molecule has 1 aromatic carbocycles. The Hall–Kier alpha value is -3.11. The minimum absolute atomic E-state index is 0.104. The normalized spacial score (nSPS) is 11.2. The van der Waals surface area contributed by atoms with Crippen LogP contribution in [0.25, 0.3) is 11.1 Å². The zero-order valence-corrected chi connectivity index (χ0v) is 15.1. The van der Waals surface area contributed by atoms with Gasteiger partial charge < -0.3 is 10.6 Å². The molecule has 2 rings (SSSR count). The largest absolute Gasteiger partial charge is 0.497 e. The van der Waals surface area contributed by atoms with Crippen molar-refractivity contribution in [1.82, 2.24) is 20.1 Å². The molecular formula is C15H18ClN7O3. The Morgan fingerprint density at radius 3 is 2.50 bits per heavy atom. The molecule has 1 amide bonds. The predicted molar refractivity (Wildman–Crippen MR) is 97.5 cm³/mol. The number of hydrazine groups is 1. The molecule has 0 radical (unpaired) electrons. The molecule has 1 aromatic heterocycles. The molecule has 0 saturated carbocycles. The van der Waals surface area contributed by atoms with E-state index in [1.54, 1.807) is 24.3 Å². The Bertz CT molecular complexity index is 907. The number of nitrogens with zero attached hydrogens (tertiary/aromatic N) is 4. The number of nitrogens with two attached hydrogens (primary N) is 2. The van der Waals surface area contributed by atoms with E-state index < -0.39 is 11.5 Å². The number of guanidine groups is 1. The molecule has 2 aromatic rings. The average molecular weight is 380 g/mol. The van der Waals surface area contributed by atoms with Gasteiger partial charge in [0.05, 0.1) is 17.7 Å². The van der Waals surface area contributed by atoms with E-state index in [-0.39, 0.29) is 22.2 Å². The van der Waals surface area contributed by atoms with E-state index in [0.717, 1.165) is 9.69 Å². The van der Waals surface area contributed by atoms with Crippen LogP contribution >= 0.6 is 11.6 Å². The summed E-state index contributed by atoms with van der Waals surface area (Å²) in [6.45, 7) is 0. The Morgan fingerprint density at radius 1 is 1.38 bits per heavy atom. The van der Waals surface area contributed by atoms with Gasteiger partial charge in [0, 0.05) is 14.1 Å². The topological polar surface area (TPSA) is 141 Å². The number of aryl methyl sites for hydroxylation is 1. The summed E-state index contributed by atoms with van der Waals surface area (Å²) in [5.41, 5.74) is 0.00350. The van der Waals surface area contributed by atoms with Crippen LogP contribution in [0.4, 0.5) is 0 Å². The summed E-state index contributed by atoms with van der Waals surface area (Å²) in [5, 5.41) is 10.6. The highest BCUT2D eigenvalue weighted by atomic mass is 35.5. The lowest BCUT2D eigenvalue weighted by atomic mass is 10.1. The summed E-state index contributed by atoms with van der Waals surface area (Å²) in [6, 6.07) is 6.66. The molecule has 0 bridgehead atoms. The quantitative estimate of drug-likeness (QED) is 0.292. The predicted octanol–water partition coefficient (Wildman–Crippen LogP) is -0.126. The molecule has 11 heteroatoms. The van der Waals surface area contributed by atoms with Crippen LogP contribution in [0, 0.1) is 0 Å². The molecule has 0 atom stereocenters. The molecule has 0 fully saturated rings. The number of carbonyl (C=O) groups is 1. The first kappa shape index (κ1) is 19.2. The standard InChI is InChI=1S/C15H18ClN7O3/c1-22(18)15(20-17)19-13(24)12-11(16)10(14(25)23(2)21-12)8-4-6-9(26-3)7-5-8/h4-7H,17-18H2,1-3H3,(H,19,20,24). The number of aromatic nitrogens is 2. The van der Waals surface area contributed by atoms with Gasteiger partial charge in [-0.25, -0.2) is 10.5 Å². The second kappa shape index (κ2) is 7.85. The number of carbonyl (C=O) groups excluding carboxylic acids is 1. The maximum Gasteiger partial charge on any atom is 0.280 e. The van der Waals surface area contributed by atoms with E-state index in [0.29, 0.717) is 11.3 Å². The van der Waals surface area contributed by atoms with Crippen molar-refractivity contribution < 1.29 is 9.53 Å². The zero-order valence-electron chi connectivity index (χ0n) is 14.4. The average Bonchev–Trinajstić information content (AvgIpc) is 2.62. The van der Waals surface area contributed by atoms with Crippen molar-refractivity contribution in [3.05, 3.63) is 45.3 Å². The number of benzene rings is 1. The molecule has 0 saturated heterocycles. The minimum atomic E-state index is -0.720. The maximum absolute atomic E-state index is 12.5. The van der Waals surface area contributed by atoms with Crippen molar-refractivity contribution in [3.63, 3.8) is 0 Å². The van der Waals surface area contributed by atoms with Gasteiger partial charge in [0.1, 0.15) is 5.75 Å². The molecule has 0 aliphatic rings. The number of nitrogens with one attached hydrogen (secondary N) is 1. The second-order valence-electron chi connectivity index (χ2n) is 5.21. The van der Waals surface area contributed by atoms with E-state index in [4.69, 9.17) is 28.0 Å². The summed E-state index contributed by atoms with van der Waals surface area (Å²) in [4.78, 5) is 25.0. The fourth-order valence-corrected chi connectivity index (χ4v) is 2.45. The van der Waals surface area contributed by atoms with Crippen LogP contribution in [-0.4, -0.2) is 40.8 Å². The molecule has 0 aliphatic carbocycles. The lowest BCUT2D eigenvalue weighted by Crippen LogP contribution is -2.46. The van der Waals surface area contributed by atoms with Gasteiger partial charge in [0.15, 0.2) is 5.69 Å². The fourth-order valence-electron chi connectivity index (χ4n) is 2.14. The van der Waals surface area contributed by atoms with Gasteiger partial charge in [-0.05, 0) is 17.7 Å². The van der Waals surface area contributed by atoms with Crippen LogP contribution < -0.4 is 27.3 Å². The summed E-state index contributed by atoms with van der Waals surface area (Å²) in [7, 11) is 4.38. The van der Waals surface area contributed by atoms with Crippen LogP contribution in [0.3, 0.4) is 0 Å². The van der Waals surface area contributed by atoms with E-state index >= 15 is 0 Å². The minimum Gasteiger partial charge on any atom is -0.497 e. The molecule has 10 nitrogen and oxygen atoms in total. The van der Waals surface area contributed by atoms with E-state index in [1.807, 2.05) is 0 Å². The highest BCUT2D eigenvalue weighted by Gasteiger charge is 2.22. The summed E-state index contributed by atoms with van der Waals surface area (Å²) in [5.74, 6) is 10.5. The summed E-state index contributed by atoms with van der Waals surface area (Å²) >= 11 is 6.31. The molecule has 0 aliphatic heterocycles. The molecular weight excluding hydrogens is 362 g/mol. The monoisotopic (exact) mass is 379 g/mol. The number of methoxy groups -OCH3 is 1. The van der Waals surface area contributed by atoms with Crippen molar-refractivity contribution >= 4 is 23.5 Å². The Labute approximate surface area is 153 Å². The van der Waals surface area contributed by atoms with Gasteiger partial charge in [0.2, 0.25) is 5.96 Å². The van der Waals surface area contributed by atoms with Gasteiger partial charge in [-0.1, -0.05) is 23.7 Å². The lowest BCUT2D eigenvalue weighted by Gasteiger charge is -2.16. The number of hydrazone groups is 1. The van der Waals surface area contributed by atoms with Gasteiger partial charge in [-0.15, -0.1) is 5.10 Å². The number of rotatable bonds is 3. The third-order valence-corrected chi connectivity index (χ3v) is 3.83. The number of amides is 1. The molecule has 0 spiro atoms. The van der Waals surface area contributed by atoms with Crippen molar-refractivity contribution in [2.24, 2.45) is 23.8 Å². The zero-order chi connectivity index (χ0) is 19.4. The SMILES string of the molecule is COc1ccc(-c2c(Cl)c(C(=O)N/C(=N/N)N(C)N)nn(C)c2=O)cc1.